The molecule has 0 aliphatic carbocycles. The fraction of sp³-hybridized carbons (Fsp3) is 0.333. The Morgan fingerprint density at radius 3 is 3.11 bits per heavy atom. The molecule has 7 heteroatoms. The second kappa shape index (κ2) is 4.68. The van der Waals surface area contributed by atoms with Crippen LogP contribution in [0.5, 0.6) is 0 Å². The van der Waals surface area contributed by atoms with E-state index in [0.29, 0.717) is 0 Å². The molecular formula is C12H15N7. The SMILES string of the molecule is CCn1nccc1CN(C)c1ncnc2[nH]ncc12. The first kappa shape index (κ1) is 11.6. The largest absolute Gasteiger partial charge is 0.353 e. The summed E-state index contributed by atoms with van der Waals surface area (Å²) in [6.07, 6.45) is 5.11. The number of aryl methyl sites for hydroxylation is 1. The Morgan fingerprint density at radius 1 is 1.37 bits per heavy atom. The topological polar surface area (TPSA) is 75.5 Å². The Balaban J connectivity index is 1.92. The van der Waals surface area contributed by atoms with E-state index >= 15 is 0 Å². The van der Waals surface area contributed by atoms with Crippen molar-refractivity contribution in [1.82, 2.24) is 29.9 Å². The average Bonchev–Trinajstić information content (AvgIpc) is 3.05. The zero-order chi connectivity index (χ0) is 13.2. The van der Waals surface area contributed by atoms with Gasteiger partial charge in [-0.2, -0.15) is 10.2 Å². The first-order valence-corrected chi connectivity index (χ1v) is 6.15. The lowest BCUT2D eigenvalue weighted by Crippen LogP contribution is -2.20. The monoisotopic (exact) mass is 257 g/mol. The minimum Gasteiger partial charge on any atom is -0.353 e. The number of nitrogens with one attached hydrogen (secondary N) is 1. The minimum absolute atomic E-state index is 0.741. The van der Waals surface area contributed by atoms with E-state index in [4.69, 9.17) is 0 Å². The molecule has 0 saturated carbocycles. The second-order valence-corrected chi connectivity index (χ2v) is 4.32. The number of rotatable bonds is 4. The van der Waals surface area contributed by atoms with Crippen molar-refractivity contribution in [2.45, 2.75) is 20.0 Å². The molecule has 0 bridgehead atoms. The first-order valence-electron chi connectivity index (χ1n) is 6.15. The lowest BCUT2D eigenvalue weighted by molar-refractivity contribution is 0.616. The third-order valence-corrected chi connectivity index (χ3v) is 3.09. The maximum absolute atomic E-state index is 4.34. The van der Waals surface area contributed by atoms with Gasteiger partial charge in [0.25, 0.3) is 0 Å². The number of nitrogens with zero attached hydrogens (tertiary/aromatic N) is 6. The van der Waals surface area contributed by atoms with Crippen LogP contribution in [0.1, 0.15) is 12.6 Å². The number of anilines is 1. The lowest BCUT2D eigenvalue weighted by atomic mass is 10.3. The molecule has 0 radical (unpaired) electrons. The van der Waals surface area contributed by atoms with Crippen LogP contribution >= 0.6 is 0 Å². The van der Waals surface area contributed by atoms with Gasteiger partial charge in [0.2, 0.25) is 0 Å². The predicted molar refractivity (Wildman–Crippen MR) is 71.7 cm³/mol. The van der Waals surface area contributed by atoms with E-state index in [1.807, 2.05) is 24.0 Å². The summed E-state index contributed by atoms with van der Waals surface area (Å²) in [5, 5.41) is 12.1. The van der Waals surface area contributed by atoms with Crippen molar-refractivity contribution in [3.05, 3.63) is 30.5 Å². The molecule has 0 fully saturated rings. The third-order valence-electron chi connectivity index (χ3n) is 3.09. The van der Waals surface area contributed by atoms with E-state index < -0.39 is 0 Å². The normalized spacial score (nSPS) is 11.1. The Hall–Kier alpha value is -2.44. The summed E-state index contributed by atoms with van der Waals surface area (Å²) >= 11 is 0. The minimum atomic E-state index is 0.741. The zero-order valence-electron chi connectivity index (χ0n) is 10.9. The molecule has 98 valence electrons. The first-order chi connectivity index (χ1) is 9.29. The van der Waals surface area contributed by atoms with E-state index in [1.54, 1.807) is 12.5 Å². The highest BCUT2D eigenvalue weighted by Gasteiger charge is 2.12. The summed E-state index contributed by atoms with van der Waals surface area (Å²) in [6, 6.07) is 2.02. The quantitative estimate of drug-likeness (QED) is 0.760. The standard InChI is InChI=1S/C12H15N7/c1-3-19-9(4-5-16-19)7-18(2)12-10-6-15-17-11(10)13-8-14-12/h4-6,8H,3,7H2,1-2H3,(H,13,14,15,17). The van der Waals surface area contributed by atoms with Crippen LogP contribution < -0.4 is 4.90 Å². The number of aromatic amines is 1. The molecule has 1 N–H and O–H groups in total. The van der Waals surface area contributed by atoms with Gasteiger partial charge >= 0.3 is 0 Å². The molecule has 0 saturated heterocycles. The predicted octanol–water partition coefficient (Wildman–Crippen LogP) is 1.21. The summed E-state index contributed by atoms with van der Waals surface area (Å²) in [6.45, 7) is 3.68. The maximum atomic E-state index is 4.34. The van der Waals surface area contributed by atoms with Crippen LogP contribution in [0.2, 0.25) is 0 Å². The molecule has 3 rings (SSSR count). The Morgan fingerprint density at radius 2 is 2.26 bits per heavy atom. The van der Waals surface area contributed by atoms with Crippen LogP contribution in [0.25, 0.3) is 11.0 Å². The van der Waals surface area contributed by atoms with Crippen molar-refractivity contribution >= 4 is 16.9 Å². The van der Waals surface area contributed by atoms with Crippen molar-refractivity contribution in [2.75, 3.05) is 11.9 Å². The molecule has 3 heterocycles. The molecule has 0 atom stereocenters. The molecular weight excluding hydrogens is 242 g/mol. The van der Waals surface area contributed by atoms with Gasteiger partial charge in [0, 0.05) is 19.8 Å². The third kappa shape index (κ3) is 2.03. The zero-order valence-corrected chi connectivity index (χ0v) is 10.9. The molecule has 0 aliphatic heterocycles. The van der Waals surface area contributed by atoms with Crippen LogP contribution in [-0.2, 0) is 13.1 Å². The number of aromatic nitrogens is 6. The van der Waals surface area contributed by atoms with E-state index in [-0.39, 0.29) is 0 Å². The van der Waals surface area contributed by atoms with Gasteiger partial charge in [-0.15, -0.1) is 0 Å². The van der Waals surface area contributed by atoms with Crippen LogP contribution in [0, 0.1) is 0 Å². The number of hydrogen-bond donors (Lipinski definition) is 1. The van der Waals surface area contributed by atoms with E-state index in [1.165, 1.54) is 0 Å². The van der Waals surface area contributed by atoms with Gasteiger partial charge in [0.05, 0.1) is 23.8 Å². The highest BCUT2D eigenvalue weighted by atomic mass is 15.3. The molecule has 0 aromatic carbocycles. The highest BCUT2D eigenvalue weighted by molar-refractivity contribution is 5.85. The number of fused-ring (bicyclic) bond motifs is 1. The van der Waals surface area contributed by atoms with Crippen molar-refractivity contribution < 1.29 is 0 Å². The smallest absolute Gasteiger partial charge is 0.160 e. The molecule has 0 spiro atoms. The fourth-order valence-electron chi connectivity index (χ4n) is 2.15. The number of H-pyrrole nitrogens is 1. The van der Waals surface area contributed by atoms with Crippen LogP contribution in [0.3, 0.4) is 0 Å². The van der Waals surface area contributed by atoms with Crippen LogP contribution in [0.15, 0.2) is 24.8 Å². The van der Waals surface area contributed by atoms with Crippen LogP contribution in [0.4, 0.5) is 5.82 Å². The average molecular weight is 257 g/mol. The maximum Gasteiger partial charge on any atom is 0.160 e. The molecule has 0 unspecified atom stereocenters. The van der Waals surface area contributed by atoms with E-state index in [9.17, 15) is 0 Å². The van der Waals surface area contributed by atoms with E-state index in [2.05, 4.69) is 37.1 Å². The molecule has 0 aliphatic rings. The summed E-state index contributed by atoms with van der Waals surface area (Å²) in [5.74, 6) is 0.864. The fourth-order valence-corrected chi connectivity index (χ4v) is 2.15. The Bertz CT molecular complexity index is 684. The molecule has 3 aromatic heterocycles. The summed E-state index contributed by atoms with van der Waals surface area (Å²) in [7, 11) is 2.00. The van der Waals surface area contributed by atoms with Crippen molar-refractivity contribution in [2.24, 2.45) is 0 Å². The van der Waals surface area contributed by atoms with Crippen molar-refractivity contribution in [3.8, 4) is 0 Å². The summed E-state index contributed by atoms with van der Waals surface area (Å²) in [4.78, 5) is 10.6. The molecule has 7 nitrogen and oxygen atoms in total. The highest BCUT2D eigenvalue weighted by Crippen LogP contribution is 2.21. The Kier molecular flexibility index (Phi) is 2.86. The van der Waals surface area contributed by atoms with Gasteiger partial charge in [-0.1, -0.05) is 0 Å². The lowest BCUT2D eigenvalue weighted by Gasteiger charge is -2.18. The van der Waals surface area contributed by atoms with Gasteiger partial charge in [-0.3, -0.25) is 9.78 Å². The van der Waals surface area contributed by atoms with Gasteiger partial charge < -0.3 is 4.90 Å². The molecule has 19 heavy (non-hydrogen) atoms. The van der Waals surface area contributed by atoms with Crippen LogP contribution in [-0.4, -0.2) is 37.0 Å². The summed E-state index contributed by atoms with van der Waals surface area (Å²) in [5.41, 5.74) is 1.90. The van der Waals surface area contributed by atoms with Gasteiger partial charge in [0.1, 0.15) is 12.1 Å². The Labute approximate surface area is 110 Å². The second-order valence-electron chi connectivity index (χ2n) is 4.32. The molecule has 3 aromatic rings. The number of hydrogen-bond acceptors (Lipinski definition) is 5. The van der Waals surface area contributed by atoms with Gasteiger partial charge in [-0.05, 0) is 13.0 Å². The molecule has 0 amide bonds. The van der Waals surface area contributed by atoms with E-state index in [0.717, 1.165) is 35.6 Å². The van der Waals surface area contributed by atoms with Crippen molar-refractivity contribution in [1.29, 1.82) is 0 Å². The van der Waals surface area contributed by atoms with Crippen molar-refractivity contribution in [3.63, 3.8) is 0 Å². The van der Waals surface area contributed by atoms with Gasteiger partial charge in [0.15, 0.2) is 5.65 Å². The summed E-state index contributed by atoms with van der Waals surface area (Å²) < 4.78 is 1.98. The van der Waals surface area contributed by atoms with Gasteiger partial charge in [-0.25, -0.2) is 9.97 Å².